The van der Waals surface area contributed by atoms with Crippen LogP contribution < -0.4 is 0 Å². The normalized spacial score (nSPS) is 14.2. The van der Waals surface area contributed by atoms with Crippen molar-refractivity contribution >= 4 is 0 Å². The number of aromatic nitrogens is 2. The van der Waals surface area contributed by atoms with Gasteiger partial charge in [0.25, 0.3) is 6.43 Å². The number of ether oxygens (including phenoxy) is 1. The van der Waals surface area contributed by atoms with E-state index >= 15 is 0 Å². The van der Waals surface area contributed by atoms with E-state index < -0.39 is 44.5 Å². The Kier molecular flexibility index (Phi) is 5.74. The number of aliphatic hydroxyl groups is 1. The molecule has 1 aromatic heterocycles. The molecule has 1 rings (SSSR count). The van der Waals surface area contributed by atoms with E-state index in [9.17, 15) is 26.3 Å². The van der Waals surface area contributed by atoms with Crippen LogP contribution in [0.2, 0.25) is 0 Å². The minimum Gasteiger partial charge on any atom is -0.387 e. The Hall–Kier alpha value is -1.36. The molecule has 11 heteroatoms. The minimum absolute atomic E-state index is 0.286. The molecule has 0 spiro atoms. The third-order valence-electron chi connectivity index (χ3n) is 2.03. The highest BCUT2D eigenvalue weighted by Gasteiger charge is 2.41. The van der Waals surface area contributed by atoms with Gasteiger partial charge in [-0.2, -0.15) is 13.8 Å². The molecule has 1 N–H and O–H groups in total. The van der Waals surface area contributed by atoms with E-state index in [2.05, 4.69) is 19.4 Å². The number of nitrogens with zero attached hydrogens (tertiary/aromatic N) is 2. The van der Waals surface area contributed by atoms with Crippen LogP contribution >= 0.6 is 0 Å². The Labute approximate surface area is 108 Å². The number of hydrogen-bond acceptors (Lipinski definition) is 5. The molecule has 20 heavy (non-hydrogen) atoms. The zero-order valence-corrected chi connectivity index (χ0v) is 9.78. The summed E-state index contributed by atoms with van der Waals surface area (Å²) in [5.74, 6) is -4.94. The molecule has 1 atom stereocenters. The molecule has 5 nitrogen and oxygen atoms in total. The predicted octanol–water partition coefficient (Wildman–Crippen LogP) is 1.66. The maximum absolute atomic E-state index is 12.5. The van der Waals surface area contributed by atoms with Crippen molar-refractivity contribution in [3.05, 3.63) is 11.7 Å². The van der Waals surface area contributed by atoms with Crippen molar-refractivity contribution in [3.8, 4) is 0 Å². The quantitative estimate of drug-likeness (QED) is 0.740. The van der Waals surface area contributed by atoms with Gasteiger partial charge in [0.15, 0.2) is 5.82 Å². The van der Waals surface area contributed by atoms with Crippen molar-refractivity contribution < 1.29 is 40.7 Å². The SMILES string of the molecule is OC(Cc1nc(COCC(F)(F)C(F)F)no1)C(F)F. The lowest BCUT2D eigenvalue weighted by Crippen LogP contribution is -2.32. The third-order valence-corrected chi connectivity index (χ3v) is 2.03. The van der Waals surface area contributed by atoms with Crippen molar-refractivity contribution in [3.63, 3.8) is 0 Å². The topological polar surface area (TPSA) is 68.4 Å². The highest BCUT2D eigenvalue weighted by molar-refractivity contribution is 4.87. The summed E-state index contributed by atoms with van der Waals surface area (Å²) in [6.07, 6.45) is -9.51. The third kappa shape index (κ3) is 4.96. The lowest BCUT2D eigenvalue weighted by atomic mass is 10.2. The molecule has 1 unspecified atom stereocenters. The Morgan fingerprint density at radius 3 is 2.45 bits per heavy atom. The predicted molar refractivity (Wildman–Crippen MR) is 50.6 cm³/mol. The monoisotopic (exact) mass is 308 g/mol. The van der Waals surface area contributed by atoms with Gasteiger partial charge in [-0.25, -0.2) is 17.6 Å². The number of rotatable bonds is 8. The molecule has 0 saturated carbocycles. The zero-order valence-electron chi connectivity index (χ0n) is 9.78. The fourth-order valence-electron chi connectivity index (χ4n) is 1.04. The highest BCUT2D eigenvalue weighted by atomic mass is 19.3. The van der Waals surface area contributed by atoms with Crippen LogP contribution in [0.5, 0.6) is 0 Å². The first-order chi connectivity index (χ1) is 9.22. The minimum atomic E-state index is -4.31. The van der Waals surface area contributed by atoms with Crippen LogP contribution in [-0.2, 0) is 17.8 Å². The molecule has 0 amide bonds. The molecule has 1 aromatic rings. The van der Waals surface area contributed by atoms with Crippen molar-refractivity contribution in [2.45, 2.75) is 37.9 Å². The van der Waals surface area contributed by atoms with Gasteiger partial charge in [-0.1, -0.05) is 5.16 Å². The van der Waals surface area contributed by atoms with E-state index in [1.807, 2.05) is 0 Å². The van der Waals surface area contributed by atoms with Gasteiger partial charge in [0.1, 0.15) is 19.3 Å². The molecule has 0 radical (unpaired) electrons. The van der Waals surface area contributed by atoms with E-state index in [1.165, 1.54) is 0 Å². The maximum Gasteiger partial charge on any atom is 0.330 e. The van der Waals surface area contributed by atoms with Gasteiger partial charge in [-0.15, -0.1) is 0 Å². The second-order valence-electron chi connectivity index (χ2n) is 3.76. The maximum atomic E-state index is 12.5. The first-order valence-corrected chi connectivity index (χ1v) is 5.23. The van der Waals surface area contributed by atoms with Crippen LogP contribution in [0.3, 0.4) is 0 Å². The van der Waals surface area contributed by atoms with Crippen LogP contribution in [0, 0.1) is 0 Å². The van der Waals surface area contributed by atoms with Gasteiger partial charge < -0.3 is 14.4 Å². The van der Waals surface area contributed by atoms with Gasteiger partial charge in [0.05, 0.1) is 6.42 Å². The Morgan fingerprint density at radius 2 is 1.90 bits per heavy atom. The molecule has 0 aliphatic carbocycles. The fraction of sp³-hybridized carbons (Fsp3) is 0.778. The van der Waals surface area contributed by atoms with Gasteiger partial charge >= 0.3 is 12.3 Å². The summed E-state index contributed by atoms with van der Waals surface area (Å²) < 4.78 is 81.2. The number of alkyl halides is 6. The zero-order chi connectivity index (χ0) is 15.3. The molecule has 0 saturated heterocycles. The average Bonchev–Trinajstić information content (AvgIpc) is 2.76. The molecule has 0 aliphatic rings. The standard InChI is InChI=1S/C9H10F6N2O3/c10-7(11)4(18)1-6-16-5(17-20-6)2-19-3-9(14,15)8(12)13/h4,7-8,18H,1-3H2. The average molecular weight is 308 g/mol. The highest BCUT2D eigenvalue weighted by Crippen LogP contribution is 2.23. The lowest BCUT2D eigenvalue weighted by Gasteiger charge is -2.14. The fourth-order valence-corrected chi connectivity index (χ4v) is 1.04. The van der Waals surface area contributed by atoms with Crippen molar-refractivity contribution in [2.24, 2.45) is 0 Å². The summed E-state index contributed by atoms with van der Waals surface area (Å²) >= 11 is 0. The Bertz CT molecular complexity index is 414. The lowest BCUT2D eigenvalue weighted by molar-refractivity contribution is -0.168. The smallest absolute Gasteiger partial charge is 0.330 e. The Morgan fingerprint density at radius 1 is 1.25 bits per heavy atom. The number of halogens is 6. The van der Waals surface area contributed by atoms with Crippen molar-refractivity contribution in [1.29, 1.82) is 0 Å². The van der Waals surface area contributed by atoms with E-state index in [4.69, 9.17) is 5.11 Å². The molecule has 0 aliphatic heterocycles. The first kappa shape index (κ1) is 16.7. The van der Waals surface area contributed by atoms with E-state index in [0.29, 0.717) is 0 Å². The molecule has 0 fully saturated rings. The summed E-state index contributed by atoms with van der Waals surface area (Å²) in [5.41, 5.74) is 0. The molecule has 0 bridgehead atoms. The van der Waals surface area contributed by atoms with E-state index in [1.54, 1.807) is 0 Å². The molecule has 116 valence electrons. The van der Waals surface area contributed by atoms with Crippen LogP contribution in [-0.4, -0.2) is 46.7 Å². The van der Waals surface area contributed by atoms with Crippen molar-refractivity contribution in [1.82, 2.24) is 10.1 Å². The molecular formula is C9H10F6N2O3. The Balaban J connectivity index is 2.41. The van der Waals surface area contributed by atoms with Gasteiger partial charge in [0, 0.05) is 0 Å². The molecular weight excluding hydrogens is 298 g/mol. The van der Waals surface area contributed by atoms with Crippen LogP contribution in [0.1, 0.15) is 11.7 Å². The van der Waals surface area contributed by atoms with E-state index in [-0.39, 0.29) is 11.7 Å². The summed E-state index contributed by atoms with van der Waals surface area (Å²) in [5, 5.41) is 12.0. The first-order valence-electron chi connectivity index (χ1n) is 5.23. The van der Waals surface area contributed by atoms with E-state index in [0.717, 1.165) is 0 Å². The summed E-state index contributed by atoms with van der Waals surface area (Å²) in [4.78, 5) is 3.47. The number of hydrogen-bond donors (Lipinski definition) is 1. The van der Waals surface area contributed by atoms with Crippen molar-refractivity contribution in [2.75, 3.05) is 6.61 Å². The molecule has 0 aromatic carbocycles. The second kappa shape index (κ2) is 6.88. The second-order valence-corrected chi connectivity index (χ2v) is 3.76. The largest absolute Gasteiger partial charge is 0.387 e. The van der Waals surface area contributed by atoms with Crippen LogP contribution in [0.4, 0.5) is 26.3 Å². The van der Waals surface area contributed by atoms with Gasteiger partial charge in [0.2, 0.25) is 5.89 Å². The van der Waals surface area contributed by atoms with Gasteiger partial charge in [-0.05, 0) is 0 Å². The van der Waals surface area contributed by atoms with Gasteiger partial charge in [-0.3, -0.25) is 0 Å². The summed E-state index contributed by atoms with van der Waals surface area (Å²) in [7, 11) is 0. The summed E-state index contributed by atoms with van der Waals surface area (Å²) in [6.45, 7) is -2.20. The number of aliphatic hydroxyl groups excluding tert-OH is 1. The summed E-state index contributed by atoms with van der Waals surface area (Å²) in [6, 6.07) is 0. The molecule has 1 heterocycles. The van der Waals surface area contributed by atoms with Crippen LogP contribution in [0.15, 0.2) is 4.52 Å². The van der Waals surface area contributed by atoms with Crippen LogP contribution in [0.25, 0.3) is 0 Å².